The highest BCUT2D eigenvalue weighted by Crippen LogP contribution is 2.26. The zero-order valence-electron chi connectivity index (χ0n) is 33.6. The second-order valence-electron chi connectivity index (χ2n) is 15.2. The molecule has 1 aliphatic heterocycles. The van der Waals surface area contributed by atoms with E-state index in [9.17, 15) is 28.8 Å². The summed E-state index contributed by atoms with van der Waals surface area (Å²) in [6, 6.07) is 5.66. The van der Waals surface area contributed by atoms with E-state index in [0.717, 1.165) is 0 Å². The second-order valence-corrected chi connectivity index (χ2v) is 15.2. The SMILES string of the molecule is CC[C@H](C)[C@H]1C(=O)O[C@H](C(C)C)C(=O)N(C)[C@@H]([C@@H](C)CC)C(=O)O[C@H](C(C)C)C(=O)N(C)[C@@H]([C@@H](C)CC)C(=O)O[C@H](Cc2ccccc2)C(=O)N1C. The van der Waals surface area contributed by atoms with Gasteiger partial charge in [-0.25, -0.2) is 14.4 Å². The van der Waals surface area contributed by atoms with Crippen molar-refractivity contribution in [1.82, 2.24) is 14.7 Å². The van der Waals surface area contributed by atoms with Gasteiger partial charge in [0, 0.05) is 27.6 Å². The number of esters is 3. The van der Waals surface area contributed by atoms with Crippen LogP contribution in [0.1, 0.15) is 94.1 Å². The lowest BCUT2D eigenvalue weighted by atomic mass is 9.94. The molecule has 52 heavy (non-hydrogen) atoms. The van der Waals surface area contributed by atoms with E-state index in [2.05, 4.69) is 0 Å². The summed E-state index contributed by atoms with van der Waals surface area (Å²) in [5.41, 5.74) is 0.715. The van der Waals surface area contributed by atoms with Gasteiger partial charge in [-0.05, 0) is 35.2 Å². The summed E-state index contributed by atoms with van der Waals surface area (Å²) in [6.07, 6.45) is -2.48. The van der Waals surface area contributed by atoms with Gasteiger partial charge in [0.25, 0.3) is 17.7 Å². The van der Waals surface area contributed by atoms with Gasteiger partial charge in [0.15, 0.2) is 18.3 Å². The Morgan fingerprint density at radius 1 is 0.519 bits per heavy atom. The molecule has 2 rings (SSSR count). The molecule has 0 radical (unpaired) electrons. The van der Waals surface area contributed by atoms with Crippen LogP contribution in [-0.4, -0.2) is 108 Å². The number of hydrogen-bond acceptors (Lipinski definition) is 9. The molecule has 1 aliphatic rings. The number of amides is 3. The maximum atomic E-state index is 14.4. The lowest BCUT2D eigenvalue weighted by Gasteiger charge is -2.38. The van der Waals surface area contributed by atoms with Gasteiger partial charge in [0.2, 0.25) is 0 Å². The summed E-state index contributed by atoms with van der Waals surface area (Å²) in [6.45, 7) is 17.9. The highest BCUT2D eigenvalue weighted by Gasteiger charge is 2.45. The van der Waals surface area contributed by atoms with Crippen molar-refractivity contribution >= 4 is 35.6 Å². The molecule has 0 spiro atoms. The molecule has 0 aromatic heterocycles. The quantitative estimate of drug-likeness (QED) is 0.243. The predicted octanol–water partition coefficient (Wildman–Crippen LogP) is 4.91. The highest BCUT2D eigenvalue weighted by molar-refractivity contribution is 5.94. The van der Waals surface area contributed by atoms with Crippen molar-refractivity contribution in [2.45, 2.75) is 131 Å². The van der Waals surface area contributed by atoms with Crippen molar-refractivity contribution in [3.8, 4) is 0 Å². The zero-order chi connectivity index (χ0) is 39.6. The van der Waals surface area contributed by atoms with Crippen LogP contribution in [0.3, 0.4) is 0 Å². The van der Waals surface area contributed by atoms with Crippen molar-refractivity contribution in [2.75, 3.05) is 21.1 Å². The molecule has 0 N–H and O–H groups in total. The molecule has 1 aromatic rings. The molecule has 1 fully saturated rings. The molecule has 0 saturated carbocycles. The third-order valence-electron chi connectivity index (χ3n) is 10.5. The van der Waals surface area contributed by atoms with E-state index in [-0.39, 0.29) is 6.42 Å². The molecule has 1 aromatic carbocycles. The summed E-state index contributed by atoms with van der Waals surface area (Å²) in [7, 11) is 4.39. The van der Waals surface area contributed by atoms with Crippen LogP contribution >= 0.6 is 0 Å². The second kappa shape index (κ2) is 19.8. The number of nitrogens with zero attached hydrogens (tertiary/aromatic N) is 3. The van der Waals surface area contributed by atoms with Gasteiger partial charge in [-0.1, -0.05) is 119 Å². The minimum absolute atomic E-state index is 0.00401. The molecule has 292 valence electrons. The Bertz CT molecular complexity index is 1370. The number of carbonyl (C=O) groups excluding carboxylic acids is 6. The van der Waals surface area contributed by atoms with Gasteiger partial charge in [-0.3, -0.25) is 14.4 Å². The fraction of sp³-hybridized carbons (Fsp3) is 0.700. The van der Waals surface area contributed by atoms with E-state index >= 15 is 0 Å². The number of carbonyl (C=O) groups is 6. The van der Waals surface area contributed by atoms with Crippen LogP contribution in [0.5, 0.6) is 0 Å². The average molecular weight is 730 g/mol. The third-order valence-corrected chi connectivity index (χ3v) is 10.5. The lowest BCUT2D eigenvalue weighted by Crippen LogP contribution is -2.58. The normalized spacial score (nSPS) is 26.8. The Labute approximate surface area is 310 Å². The summed E-state index contributed by atoms with van der Waals surface area (Å²) < 4.78 is 18.0. The predicted molar refractivity (Wildman–Crippen MR) is 198 cm³/mol. The minimum Gasteiger partial charge on any atom is -0.450 e. The van der Waals surface area contributed by atoms with Gasteiger partial charge in [-0.2, -0.15) is 0 Å². The van der Waals surface area contributed by atoms with E-state index in [1.165, 1.54) is 35.8 Å². The van der Waals surface area contributed by atoms with Crippen LogP contribution in [0.15, 0.2) is 30.3 Å². The van der Waals surface area contributed by atoms with E-state index in [1.807, 2.05) is 26.8 Å². The van der Waals surface area contributed by atoms with Crippen molar-refractivity contribution in [2.24, 2.45) is 29.6 Å². The van der Waals surface area contributed by atoms with Crippen LogP contribution in [0.2, 0.25) is 0 Å². The number of benzene rings is 1. The molecule has 1 heterocycles. The Morgan fingerprint density at radius 3 is 1.17 bits per heavy atom. The number of hydrogen-bond donors (Lipinski definition) is 0. The topological polar surface area (TPSA) is 140 Å². The Hall–Kier alpha value is -3.96. The minimum atomic E-state index is -1.36. The van der Waals surface area contributed by atoms with E-state index in [0.29, 0.717) is 24.8 Å². The van der Waals surface area contributed by atoms with Gasteiger partial charge >= 0.3 is 17.9 Å². The van der Waals surface area contributed by atoms with Crippen LogP contribution < -0.4 is 0 Å². The molecule has 9 atom stereocenters. The molecule has 12 heteroatoms. The standard InChI is InChI=1S/C40H63N3O9/c1-14-25(8)30-38(47)50-29(22-28-20-18-17-19-21-28)35(44)41(11)31(26(9)15-2)39(48)51-34(24(6)7)37(46)43(13)32(27(10)16-3)40(49)52-33(23(4)5)36(45)42(30)12/h17-21,23-27,29-34H,14-16,22H2,1-13H3/t25-,26-,27-,29+,30-,31-,32-,33+,34+/m0/s1. The smallest absolute Gasteiger partial charge is 0.329 e. The van der Waals surface area contributed by atoms with Crippen molar-refractivity contribution in [3.05, 3.63) is 35.9 Å². The van der Waals surface area contributed by atoms with Crippen molar-refractivity contribution in [1.29, 1.82) is 0 Å². The van der Waals surface area contributed by atoms with E-state index < -0.39 is 102 Å². The van der Waals surface area contributed by atoms with Gasteiger partial charge in [0.05, 0.1) is 0 Å². The largest absolute Gasteiger partial charge is 0.450 e. The van der Waals surface area contributed by atoms with Crippen LogP contribution in [0, 0.1) is 29.6 Å². The molecular formula is C40H63N3O9. The van der Waals surface area contributed by atoms with E-state index in [1.54, 1.807) is 72.7 Å². The number of rotatable bonds is 10. The number of ether oxygens (including phenoxy) is 3. The summed E-state index contributed by atoms with van der Waals surface area (Å²) in [5, 5.41) is 0. The Morgan fingerprint density at radius 2 is 0.846 bits per heavy atom. The molecule has 3 amide bonds. The highest BCUT2D eigenvalue weighted by atomic mass is 16.6. The number of cyclic esters (lactones) is 3. The third kappa shape index (κ3) is 10.6. The summed E-state index contributed by atoms with van der Waals surface area (Å²) in [4.78, 5) is 89.0. The maximum Gasteiger partial charge on any atom is 0.329 e. The molecule has 0 unspecified atom stereocenters. The fourth-order valence-corrected chi connectivity index (χ4v) is 6.58. The first-order chi connectivity index (χ1) is 24.3. The first kappa shape index (κ1) is 44.2. The molecule has 12 nitrogen and oxygen atoms in total. The fourth-order valence-electron chi connectivity index (χ4n) is 6.58. The Balaban J connectivity index is 2.87. The van der Waals surface area contributed by atoms with Crippen LogP contribution in [-0.2, 0) is 49.4 Å². The Kier molecular flexibility index (Phi) is 16.8. The first-order valence-corrected chi connectivity index (χ1v) is 18.8. The zero-order valence-corrected chi connectivity index (χ0v) is 33.6. The molecule has 1 saturated heterocycles. The van der Waals surface area contributed by atoms with Gasteiger partial charge in [-0.15, -0.1) is 0 Å². The number of likely N-dealkylation sites (N-methyl/N-ethyl adjacent to an activating group) is 3. The molecular weight excluding hydrogens is 666 g/mol. The van der Waals surface area contributed by atoms with E-state index in [4.69, 9.17) is 14.2 Å². The molecule has 0 aliphatic carbocycles. The average Bonchev–Trinajstić information content (AvgIpc) is 3.11. The van der Waals surface area contributed by atoms with Crippen LogP contribution in [0.25, 0.3) is 0 Å². The maximum absolute atomic E-state index is 14.4. The summed E-state index contributed by atoms with van der Waals surface area (Å²) in [5.74, 6) is -6.44. The van der Waals surface area contributed by atoms with Gasteiger partial charge in [0.1, 0.15) is 18.1 Å². The van der Waals surface area contributed by atoms with Crippen LogP contribution in [0.4, 0.5) is 0 Å². The summed E-state index contributed by atoms with van der Waals surface area (Å²) >= 11 is 0. The van der Waals surface area contributed by atoms with Gasteiger partial charge < -0.3 is 28.9 Å². The lowest BCUT2D eigenvalue weighted by molar-refractivity contribution is -0.181. The van der Waals surface area contributed by atoms with Crippen molar-refractivity contribution in [3.63, 3.8) is 0 Å². The first-order valence-electron chi connectivity index (χ1n) is 18.8. The molecule has 0 bridgehead atoms. The monoisotopic (exact) mass is 729 g/mol. The van der Waals surface area contributed by atoms with Crippen molar-refractivity contribution < 1.29 is 43.0 Å².